The first-order valence-electron chi connectivity index (χ1n) is 4.83. The standard InChI is InChI=1S/C11H12N2O4S/c1-3-6-13-18(15,16)10-5-4-8(12)7-9(10)11(14)17-2/h1,4-5,7,13H,6,12H2,2H3. The van der Waals surface area contributed by atoms with Crippen molar-refractivity contribution < 1.29 is 17.9 Å². The molecule has 18 heavy (non-hydrogen) atoms. The Bertz CT molecular complexity index is 602. The van der Waals surface area contributed by atoms with Crippen LogP contribution in [0.5, 0.6) is 0 Å². The van der Waals surface area contributed by atoms with E-state index >= 15 is 0 Å². The molecule has 0 aliphatic heterocycles. The number of esters is 1. The molecule has 0 saturated heterocycles. The summed E-state index contributed by atoms with van der Waals surface area (Å²) in [7, 11) is -2.72. The zero-order valence-corrected chi connectivity index (χ0v) is 10.5. The van der Waals surface area contributed by atoms with Gasteiger partial charge in [-0.25, -0.2) is 13.2 Å². The van der Waals surface area contributed by atoms with Crippen molar-refractivity contribution in [3.05, 3.63) is 23.8 Å². The van der Waals surface area contributed by atoms with Crippen molar-refractivity contribution in [2.75, 3.05) is 19.4 Å². The molecule has 0 atom stereocenters. The predicted molar refractivity (Wildman–Crippen MR) is 66.2 cm³/mol. The third kappa shape index (κ3) is 3.00. The maximum atomic E-state index is 11.9. The summed E-state index contributed by atoms with van der Waals surface area (Å²) in [5, 5.41) is 0. The molecule has 0 radical (unpaired) electrons. The number of benzene rings is 1. The van der Waals surface area contributed by atoms with Crippen molar-refractivity contribution in [1.29, 1.82) is 0 Å². The molecule has 6 nitrogen and oxygen atoms in total. The minimum atomic E-state index is -3.87. The summed E-state index contributed by atoms with van der Waals surface area (Å²) in [5.74, 6) is 1.35. The molecule has 0 aromatic heterocycles. The van der Waals surface area contributed by atoms with E-state index in [0.29, 0.717) is 0 Å². The molecule has 0 heterocycles. The van der Waals surface area contributed by atoms with Crippen LogP contribution in [0.4, 0.5) is 5.69 Å². The van der Waals surface area contributed by atoms with Gasteiger partial charge in [0.2, 0.25) is 10.0 Å². The van der Waals surface area contributed by atoms with Crippen LogP contribution >= 0.6 is 0 Å². The number of terminal acetylenes is 1. The Morgan fingerprint density at radius 1 is 1.56 bits per heavy atom. The third-order valence-electron chi connectivity index (χ3n) is 2.06. The number of sulfonamides is 1. The highest BCUT2D eigenvalue weighted by Gasteiger charge is 2.22. The number of nitrogen functional groups attached to an aromatic ring is 1. The topological polar surface area (TPSA) is 98.5 Å². The van der Waals surface area contributed by atoms with Crippen LogP contribution in [-0.4, -0.2) is 28.0 Å². The summed E-state index contributed by atoms with van der Waals surface area (Å²) in [6.07, 6.45) is 4.97. The summed E-state index contributed by atoms with van der Waals surface area (Å²) in [4.78, 5) is 11.3. The monoisotopic (exact) mass is 268 g/mol. The van der Waals surface area contributed by atoms with Crippen molar-refractivity contribution in [3.8, 4) is 12.3 Å². The van der Waals surface area contributed by atoms with Crippen molar-refractivity contribution in [2.24, 2.45) is 0 Å². The van der Waals surface area contributed by atoms with Gasteiger partial charge in [0.05, 0.1) is 24.1 Å². The number of ether oxygens (including phenoxy) is 1. The van der Waals surface area contributed by atoms with Gasteiger partial charge in [0, 0.05) is 5.69 Å². The first-order chi connectivity index (χ1) is 8.42. The lowest BCUT2D eigenvalue weighted by Gasteiger charge is -2.09. The van der Waals surface area contributed by atoms with E-state index < -0.39 is 16.0 Å². The van der Waals surface area contributed by atoms with Crippen LogP contribution in [0.3, 0.4) is 0 Å². The van der Waals surface area contributed by atoms with Gasteiger partial charge in [-0.1, -0.05) is 5.92 Å². The molecule has 0 aliphatic rings. The fourth-order valence-electron chi connectivity index (χ4n) is 1.27. The number of carbonyl (C=O) groups excluding carboxylic acids is 1. The van der Waals surface area contributed by atoms with Gasteiger partial charge < -0.3 is 10.5 Å². The third-order valence-corrected chi connectivity index (χ3v) is 3.52. The van der Waals surface area contributed by atoms with Crippen LogP contribution in [0.15, 0.2) is 23.1 Å². The van der Waals surface area contributed by atoms with E-state index in [9.17, 15) is 13.2 Å². The minimum Gasteiger partial charge on any atom is -0.465 e. The van der Waals surface area contributed by atoms with Crippen LogP contribution in [0, 0.1) is 12.3 Å². The largest absolute Gasteiger partial charge is 0.465 e. The fourth-order valence-corrected chi connectivity index (χ4v) is 2.37. The highest BCUT2D eigenvalue weighted by molar-refractivity contribution is 7.89. The minimum absolute atomic E-state index is 0.137. The van der Waals surface area contributed by atoms with Crippen LogP contribution in [0.1, 0.15) is 10.4 Å². The first kappa shape index (κ1) is 14.0. The Labute approximate surface area is 105 Å². The van der Waals surface area contributed by atoms with Gasteiger partial charge in [0.1, 0.15) is 0 Å². The van der Waals surface area contributed by atoms with Crippen LogP contribution < -0.4 is 10.5 Å². The van der Waals surface area contributed by atoms with E-state index in [-0.39, 0.29) is 22.7 Å². The predicted octanol–water partition coefficient (Wildman–Crippen LogP) is -0.0331. The Balaban J connectivity index is 3.33. The number of nitrogens with two attached hydrogens (primary N) is 1. The maximum Gasteiger partial charge on any atom is 0.339 e. The molecule has 3 N–H and O–H groups in total. The molecule has 7 heteroatoms. The zero-order valence-electron chi connectivity index (χ0n) is 9.64. The average Bonchev–Trinajstić information content (AvgIpc) is 2.35. The number of hydrogen-bond acceptors (Lipinski definition) is 5. The van der Waals surface area contributed by atoms with Gasteiger partial charge in [-0.15, -0.1) is 6.42 Å². The molecule has 0 unspecified atom stereocenters. The fraction of sp³-hybridized carbons (Fsp3) is 0.182. The Hall–Kier alpha value is -2.04. The molecule has 0 bridgehead atoms. The Kier molecular flexibility index (Phi) is 4.31. The summed E-state index contributed by atoms with van der Waals surface area (Å²) in [6.45, 7) is -0.173. The second-order valence-electron chi connectivity index (χ2n) is 3.28. The Morgan fingerprint density at radius 2 is 2.22 bits per heavy atom. The van der Waals surface area contributed by atoms with Crippen molar-refractivity contribution in [3.63, 3.8) is 0 Å². The lowest BCUT2D eigenvalue weighted by atomic mass is 10.2. The SMILES string of the molecule is C#CCNS(=O)(=O)c1ccc(N)cc1C(=O)OC. The average molecular weight is 268 g/mol. The molecule has 1 rings (SSSR count). The highest BCUT2D eigenvalue weighted by atomic mass is 32.2. The zero-order chi connectivity index (χ0) is 13.8. The van der Waals surface area contributed by atoms with Crippen molar-refractivity contribution >= 4 is 21.7 Å². The normalized spacial score (nSPS) is 10.7. The number of rotatable bonds is 4. The van der Waals surface area contributed by atoms with Gasteiger partial charge in [-0.05, 0) is 18.2 Å². The number of hydrogen-bond donors (Lipinski definition) is 2. The molecular formula is C11H12N2O4S. The molecule has 1 aromatic carbocycles. The molecule has 0 spiro atoms. The highest BCUT2D eigenvalue weighted by Crippen LogP contribution is 2.19. The van der Waals surface area contributed by atoms with Crippen molar-refractivity contribution in [2.45, 2.75) is 4.90 Å². The summed E-state index contributed by atoms with van der Waals surface area (Å²) in [5.41, 5.74) is 5.63. The molecule has 0 aliphatic carbocycles. The quantitative estimate of drug-likeness (QED) is 0.454. The second-order valence-corrected chi connectivity index (χ2v) is 5.01. The molecular weight excluding hydrogens is 256 g/mol. The smallest absolute Gasteiger partial charge is 0.339 e. The molecule has 1 aromatic rings. The number of anilines is 1. The number of methoxy groups -OCH3 is 1. The van der Waals surface area contributed by atoms with Gasteiger partial charge in [-0.3, -0.25) is 0 Å². The Morgan fingerprint density at radius 3 is 2.78 bits per heavy atom. The van der Waals surface area contributed by atoms with Gasteiger partial charge in [0.25, 0.3) is 0 Å². The van der Waals surface area contributed by atoms with Gasteiger partial charge in [-0.2, -0.15) is 4.72 Å². The summed E-state index contributed by atoms with van der Waals surface area (Å²) >= 11 is 0. The molecule has 0 fully saturated rings. The second kappa shape index (κ2) is 5.53. The van der Waals surface area contributed by atoms with Gasteiger partial charge >= 0.3 is 5.97 Å². The first-order valence-corrected chi connectivity index (χ1v) is 6.31. The molecule has 0 amide bonds. The van der Waals surface area contributed by atoms with E-state index in [4.69, 9.17) is 12.2 Å². The summed E-state index contributed by atoms with van der Waals surface area (Å²) in [6, 6.07) is 3.83. The van der Waals surface area contributed by atoms with Crippen molar-refractivity contribution in [1.82, 2.24) is 4.72 Å². The van der Waals surface area contributed by atoms with E-state index in [1.54, 1.807) is 0 Å². The number of nitrogens with one attached hydrogen (secondary N) is 1. The van der Waals surface area contributed by atoms with E-state index in [0.717, 1.165) is 7.11 Å². The van der Waals surface area contributed by atoms with E-state index in [1.165, 1.54) is 18.2 Å². The van der Waals surface area contributed by atoms with Crippen LogP contribution in [-0.2, 0) is 14.8 Å². The number of carbonyl (C=O) groups is 1. The lowest BCUT2D eigenvalue weighted by Crippen LogP contribution is -2.26. The summed E-state index contributed by atoms with van der Waals surface area (Å²) < 4.78 is 30.4. The van der Waals surface area contributed by atoms with Gasteiger partial charge in [0.15, 0.2) is 0 Å². The van der Waals surface area contributed by atoms with Crippen LogP contribution in [0.2, 0.25) is 0 Å². The van der Waals surface area contributed by atoms with Crippen LogP contribution in [0.25, 0.3) is 0 Å². The van der Waals surface area contributed by atoms with E-state index in [1.807, 2.05) is 0 Å². The lowest BCUT2D eigenvalue weighted by molar-refractivity contribution is 0.0596. The molecule has 96 valence electrons. The maximum absolute atomic E-state index is 11.9. The molecule has 0 saturated carbocycles. The van der Waals surface area contributed by atoms with E-state index in [2.05, 4.69) is 15.4 Å².